The molecule has 0 saturated carbocycles. The summed E-state index contributed by atoms with van der Waals surface area (Å²) in [5, 5.41) is 12.4. The molecule has 6 nitrogen and oxygen atoms in total. The van der Waals surface area contributed by atoms with Gasteiger partial charge in [-0.3, -0.25) is 9.59 Å². The van der Waals surface area contributed by atoms with E-state index in [1.165, 1.54) is 11.3 Å². The summed E-state index contributed by atoms with van der Waals surface area (Å²) >= 11 is 1.40. The molecule has 2 aromatic rings. The summed E-state index contributed by atoms with van der Waals surface area (Å²) in [5.41, 5.74) is 3.10. The highest BCUT2D eigenvalue weighted by Gasteiger charge is 2.36. The molecule has 138 valence electrons. The molecule has 7 heteroatoms. The van der Waals surface area contributed by atoms with E-state index in [0.717, 1.165) is 28.2 Å². The largest absolute Gasteiger partial charge is 0.311 e. The van der Waals surface area contributed by atoms with Crippen LogP contribution in [0.3, 0.4) is 0 Å². The van der Waals surface area contributed by atoms with E-state index in [4.69, 9.17) is 0 Å². The maximum atomic E-state index is 12.6. The second-order valence-electron chi connectivity index (χ2n) is 7.21. The van der Waals surface area contributed by atoms with E-state index in [1.807, 2.05) is 32.0 Å². The summed E-state index contributed by atoms with van der Waals surface area (Å²) in [5.74, 6) is -0.0695. The fourth-order valence-electron chi connectivity index (χ4n) is 3.09. The van der Waals surface area contributed by atoms with E-state index in [0.29, 0.717) is 17.6 Å². The van der Waals surface area contributed by atoms with Gasteiger partial charge in [0.2, 0.25) is 16.9 Å². The first kappa shape index (κ1) is 18.5. The summed E-state index contributed by atoms with van der Waals surface area (Å²) in [6, 6.07) is 5.90. The highest BCUT2D eigenvalue weighted by Crippen LogP contribution is 2.30. The van der Waals surface area contributed by atoms with E-state index < -0.39 is 0 Å². The Bertz CT molecular complexity index is 831. The van der Waals surface area contributed by atoms with Gasteiger partial charge in [0.15, 0.2) is 0 Å². The molecule has 0 bridgehead atoms. The van der Waals surface area contributed by atoms with Crippen molar-refractivity contribution in [1.29, 1.82) is 0 Å². The maximum Gasteiger partial charge on any atom is 0.231 e. The van der Waals surface area contributed by atoms with Gasteiger partial charge in [-0.1, -0.05) is 37.3 Å². The van der Waals surface area contributed by atoms with E-state index in [-0.39, 0.29) is 24.2 Å². The molecule has 0 aliphatic carbocycles. The number of amides is 2. The third kappa shape index (κ3) is 3.93. The Hall–Kier alpha value is -2.28. The van der Waals surface area contributed by atoms with Crippen molar-refractivity contribution in [2.75, 3.05) is 16.8 Å². The van der Waals surface area contributed by atoms with Crippen LogP contribution in [0.5, 0.6) is 0 Å². The predicted octanol–water partition coefficient (Wildman–Crippen LogP) is 3.35. The van der Waals surface area contributed by atoms with Gasteiger partial charge in [0.25, 0.3) is 0 Å². The molecule has 2 heterocycles. The highest BCUT2D eigenvalue weighted by atomic mass is 32.1. The minimum absolute atomic E-state index is 0.0170. The van der Waals surface area contributed by atoms with Crippen molar-refractivity contribution in [3.8, 4) is 0 Å². The van der Waals surface area contributed by atoms with Gasteiger partial charge in [-0.05, 0) is 37.0 Å². The molecule has 1 aliphatic rings. The standard InChI is InChI=1S/C19H24N4O2S/c1-11(2)8-16-21-22-19(26-16)20-18(25)14-9-17(24)23(10-14)15-7-5-6-12(3)13(15)4/h5-7,11,14H,8-10H2,1-4H3,(H,20,22,25). The molecule has 3 rings (SSSR count). The smallest absolute Gasteiger partial charge is 0.231 e. The molecular weight excluding hydrogens is 348 g/mol. The Labute approximate surface area is 157 Å². The lowest BCUT2D eigenvalue weighted by atomic mass is 10.1. The lowest BCUT2D eigenvalue weighted by Crippen LogP contribution is -2.28. The SMILES string of the molecule is Cc1cccc(N2CC(C(=O)Nc3nnc(CC(C)C)s3)CC2=O)c1C. The number of carbonyl (C=O) groups excluding carboxylic acids is 2. The second-order valence-corrected chi connectivity index (χ2v) is 8.27. The molecule has 1 saturated heterocycles. The molecule has 2 amide bonds. The normalized spacial score (nSPS) is 17.2. The summed E-state index contributed by atoms with van der Waals surface area (Å²) in [6.45, 7) is 8.65. The van der Waals surface area contributed by atoms with Crippen LogP contribution < -0.4 is 10.2 Å². The van der Waals surface area contributed by atoms with Gasteiger partial charge in [-0.15, -0.1) is 10.2 Å². The van der Waals surface area contributed by atoms with Crippen molar-refractivity contribution >= 4 is 34.0 Å². The van der Waals surface area contributed by atoms with Gasteiger partial charge in [-0.25, -0.2) is 0 Å². The number of aryl methyl sites for hydroxylation is 1. The van der Waals surface area contributed by atoms with Gasteiger partial charge in [0.05, 0.1) is 5.92 Å². The number of rotatable bonds is 5. The van der Waals surface area contributed by atoms with Crippen LogP contribution in [0.1, 0.15) is 36.4 Å². The first-order valence-electron chi connectivity index (χ1n) is 8.85. The van der Waals surface area contributed by atoms with E-state index >= 15 is 0 Å². The first-order valence-corrected chi connectivity index (χ1v) is 9.66. The molecule has 1 aliphatic heterocycles. The van der Waals surface area contributed by atoms with Crippen LogP contribution in [-0.2, 0) is 16.0 Å². The van der Waals surface area contributed by atoms with Crippen LogP contribution in [-0.4, -0.2) is 28.6 Å². The van der Waals surface area contributed by atoms with Crippen molar-refractivity contribution < 1.29 is 9.59 Å². The van der Waals surface area contributed by atoms with Crippen LogP contribution in [0.15, 0.2) is 18.2 Å². The number of nitrogens with zero attached hydrogens (tertiary/aromatic N) is 3. The molecule has 1 aromatic carbocycles. The summed E-state index contributed by atoms with van der Waals surface area (Å²) in [4.78, 5) is 26.7. The minimum Gasteiger partial charge on any atom is -0.311 e. The Morgan fingerprint density at radius 3 is 2.85 bits per heavy atom. The van der Waals surface area contributed by atoms with E-state index in [2.05, 4.69) is 29.4 Å². The zero-order valence-corrected chi connectivity index (χ0v) is 16.4. The lowest BCUT2D eigenvalue weighted by molar-refractivity contribution is -0.122. The van der Waals surface area contributed by atoms with Crippen molar-refractivity contribution in [2.45, 2.75) is 40.5 Å². The average molecular weight is 372 g/mol. The monoisotopic (exact) mass is 372 g/mol. The molecule has 26 heavy (non-hydrogen) atoms. The fraction of sp³-hybridized carbons (Fsp3) is 0.474. The van der Waals surface area contributed by atoms with Gasteiger partial charge in [0, 0.05) is 25.1 Å². The molecule has 1 fully saturated rings. The number of nitrogens with one attached hydrogen (secondary N) is 1. The molecule has 1 N–H and O–H groups in total. The third-order valence-electron chi connectivity index (χ3n) is 4.64. The maximum absolute atomic E-state index is 12.6. The Morgan fingerprint density at radius 2 is 2.12 bits per heavy atom. The number of anilines is 2. The van der Waals surface area contributed by atoms with Crippen LogP contribution in [0, 0.1) is 25.7 Å². The van der Waals surface area contributed by atoms with Gasteiger partial charge < -0.3 is 10.2 Å². The summed E-state index contributed by atoms with van der Waals surface area (Å²) < 4.78 is 0. The fourth-order valence-corrected chi connectivity index (χ4v) is 4.04. The van der Waals surface area contributed by atoms with Crippen molar-refractivity contribution in [3.63, 3.8) is 0 Å². The molecule has 0 radical (unpaired) electrons. The number of benzene rings is 1. The van der Waals surface area contributed by atoms with Crippen molar-refractivity contribution in [1.82, 2.24) is 10.2 Å². The van der Waals surface area contributed by atoms with Crippen molar-refractivity contribution in [3.05, 3.63) is 34.3 Å². The predicted molar refractivity (Wildman–Crippen MR) is 103 cm³/mol. The topological polar surface area (TPSA) is 75.2 Å². The van der Waals surface area contributed by atoms with E-state index in [9.17, 15) is 9.59 Å². The van der Waals surface area contributed by atoms with Gasteiger partial charge in [0.1, 0.15) is 5.01 Å². The van der Waals surface area contributed by atoms with Crippen LogP contribution in [0.25, 0.3) is 0 Å². The first-order chi connectivity index (χ1) is 12.3. The Kier molecular flexibility index (Phi) is 5.36. The van der Waals surface area contributed by atoms with Gasteiger partial charge >= 0.3 is 0 Å². The van der Waals surface area contributed by atoms with Crippen LogP contribution in [0.4, 0.5) is 10.8 Å². The zero-order chi connectivity index (χ0) is 18.8. The number of hydrogen-bond donors (Lipinski definition) is 1. The van der Waals surface area contributed by atoms with Crippen molar-refractivity contribution in [2.24, 2.45) is 11.8 Å². The Morgan fingerprint density at radius 1 is 1.35 bits per heavy atom. The quantitative estimate of drug-likeness (QED) is 0.873. The number of carbonyl (C=O) groups is 2. The lowest BCUT2D eigenvalue weighted by Gasteiger charge is -2.20. The van der Waals surface area contributed by atoms with E-state index in [1.54, 1.807) is 4.90 Å². The molecule has 1 atom stereocenters. The molecule has 0 spiro atoms. The molecule has 1 unspecified atom stereocenters. The summed E-state index contributed by atoms with van der Waals surface area (Å²) in [7, 11) is 0. The number of hydrogen-bond acceptors (Lipinski definition) is 5. The number of aromatic nitrogens is 2. The Balaban J connectivity index is 1.67. The average Bonchev–Trinajstić information content (AvgIpc) is 3.16. The zero-order valence-electron chi connectivity index (χ0n) is 15.6. The van der Waals surface area contributed by atoms with Gasteiger partial charge in [-0.2, -0.15) is 0 Å². The van der Waals surface area contributed by atoms with Crippen LogP contribution >= 0.6 is 11.3 Å². The molecule has 1 aromatic heterocycles. The molecular formula is C19H24N4O2S. The minimum atomic E-state index is -0.375. The highest BCUT2D eigenvalue weighted by molar-refractivity contribution is 7.15. The second kappa shape index (κ2) is 7.53. The van der Waals surface area contributed by atoms with Crippen LogP contribution in [0.2, 0.25) is 0 Å². The third-order valence-corrected chi connectivity index (χ3v) is 5.50. The summed E-state index contributed by atoms with van der Waals surface area (Å²) in [6.07, 6.45) is 1.06.